The Labute approximate surface area is 173 Å². The summed E-state index contributed by atoms with van der Waals surface area (Å²) in [6.07, 6.45) is 6.72. The SMILES string of the molecule is CNc1cc(C)nc(Nc2cc3c(c(C4=CCN(C)CCC4)c2C)OCCC3)n1. The van der Waals surface area contributed by atoms with E-state index in [0.29, 0.717) is 5.95 Å². The molecule has 0 fully saturated rings. The molecule has 29 heavy (non-hydrogen) atoms. The molecule has 3 heterocycles. The third-order valence-corrected chi connectivity index (χ3v) is 5.77. The van der Waals surface area contributed by atoms with Crippen LogP contribution in [0.3, 0.4) is 0 Å². The van der Waals surface area contributed by atoms with E-state index in [1.165, 1.54) is 28.7 Å². The minimum atomic E-state index is 0.620. The molecule has 0 aliphatic carbocycles. The molecule has 4 rings (SSSR count). The van der Waals surface area contributed by atoms with Crippen molar-refractivity contribution >= 4 is 23.0 Å². The number of likely N-dealkylation sites (N-methyl/N-ethyl adjacent to an activating group) is 1. The van der Waals surface area contributed by atoms with E-state index in [0.717, 1.165) is 61.9 Å². The highest BCUT2D eigenvalue weighted by molar-refractivity contribution is 5.81. The van der Waals surface area contributed by atoms with Gasteiger partial charge in [-0.15, -0.1) is 0 Å². The number of nitrogens with one attached hydrogen (secondary N) is 2. The van der Waals surface area contributed by atoms with Gasteiger partial charge in [0.1, 0.15) is 11.6 Å². The molecule has 0 unspecified atom stereocenters. The third-order valence-electron chi connectivity index (χ3n) is 5.77. The number of fused-ring (bicyclic) bond motifs is 1. The number of allylic oxidation sites excluding steroid dienone is 1. The molecule has 0 amide bonds. The molecule has 154 valence electrons. The van der Waals surface area contributed by atoms with E-state index in [2.05, 4.69) is 51.6 Å². The number of rotatable bonds is 4. The lowest BCUT2D eigenvalue weighted by Crippen LogP contribution is -2.17. The lowest BCUT2D eigenvalue weighted by atomic mass is 9.90. The number of anilines is 3. The van der Waals surface area contributed by atoms with Gasteiger partial charge in [0.05, 0.1) is 6.61 Å². The standard InChI is InChI=1S/C23H31N5O/c1-15-13-20(24-3)27-23(25-15)26-19-14-18-8-6-12-29-22(18)21(16(19)2)17-7-5-10-28(4)11-9-17/h9,13-14H,5-8,10-12H2,1-4H3,(H2,24,25,26,27). The van der Waals surface area contributed by atoms with E-state index >= 15 is 0 Å². The first-order chi connectivity index (χ1) is 14.0. The molecule has 0 radical (unpaired) electrons. The molecule has 2 aliphatic rings. The zero-order chi connectivity index (χ0) is 20.4. The van der Waals surface area contributed by atoms with E-state index in [9.17, 15) is 0 Å². The predicted octanol–water partition coefficient (Wildman–Crippen LogP) is 4.31. The van der Waals surface area contributed by atoms with Crippen molar-refractivity contribution in [2.45, 2.75) is 39.5 Å². The summed E-state index contributed by atoms with van der Waals surface area (Å²) in [4.78, 5) is 11.5. The highest BCUT2D eigenvalue weighted by Gasteiger charge is 2.23. The van der Waals surface area contributed by atoms with Crippen LogP contribution in [0.1, 0.15) is 41.6 Å². The largest absolute Gasteiger partial charge is 0.493 e. The van der Waals surface area contributed by atoms with Crippen LogP contribution in [0.5, 0.6) is 5.75 Å². The van der Waals surface area contributed by atoms with Gasteiger partial charge in [-0.2, -0.15) is 4.98 Å². The van der Waals surface area contributed by atoms with E-state index < -0.39 is 0 Å². The Morgan fingerprint density at radius 1 is 1.10 bits per heavy atom. The molecule has 0 atom stereocenters. The number of nitrogens with zero attached hydrogens (tertiary/aromatic N) is 3. The lowest BCUT2D eigenvalue weighted by Gasteiger charge is -2.25. The summed E-state index contributed by atoms with van der Waals surface area (Å²) < 4.78 is 6.19. The normalized spacial score (nSPS) is 17.0. The molecular weight excluding hydrogens is 362 g/mol. The maximum atomic E-state index is 6.19. The fourth-order valence-corrected chi connectivity index (χ4v) is 4.22. The highest BCUT2D eigenvalue weighted by atomic mass is 16.5. The smallest absolute Gasteiger partial charge is 0.229 e. The molecule has 6 heteroatoms. The quantitative estimate of drug-likeness (QED) is 0.807. The Morgan fingerprint density at radius 3 is 2.79 bits per heavy atom. The fraction of sp³-hybridized carbons (Fsp3) is 0.478. The van der Waals surface area contributed by atoms with Gasteiger partial charge in [-0.25, -0.2) is 4.98 Å². The van der Waals surface area contributed by atoms with E-state index in [-0.39, 0.29) is 0 Å². The number of aromatic nitrogens is 2. The minimum Gasteiger partial charge on any atom is -0.493 e. The molecule has 2 aliphatic heterocycles. The van der Waals surface area contributed by atoms with Gasteiger partial charge < -0.3 is 20.3 Å². The first kappa shape index (κ1) is 19.7. The second-order valence-electron chi connectivity index (χ2n) is 8.05. The predicted molar refractivity (Wildman–Crippen MR) is 119 cm³/mol. The van der Waals surface area contributed by atoms with Crippen LogP contribution in [0.15, 0.2) is 18.2 Å². The van der Waals surface area contributed by atoms with Crippen LogP contribution in [0.25, 0.3) is 5.57 Å². The van der Waals surface area contributed by atoms with Gasteiger partial charge in [0.2, 0.25) is 5.95 Å². The van der Waals surface area contributed by atoms with Crippen molar-refractivity contribution in [2.75, 3.05) is 44.4 Å². The Bertz CT molecular complexity index is 937. The van der Waals surface area contributed by atoms with Gasteiger partial charge in [-0.05, 0) is 75.9 Å². The molecule has 6 nitrogen and oxygen atoms in total. The first-order valence-electron chi connectivity index (χ1n) is 10.5. The van der Waals surface area contributed by atoms with Gasteiger partial charge in [0.15, 0.2) is 0 Å². The Hall–Kier alpha value is -2.60. The topological polar surface area (TPSA) is 62.3 Å². The van der Waals surface area contributed by atoms with Crippen molar-refractivity contribution in [1.29, 1.82) is 0 Å². The molecule has 1 aromatic carbocycles. The Morgan fingerprint density at radius 2 is 1.97 bits per heavy atom. The number of ether oxygens (including phenoxy) is 1. The highest BCUT2D eigenvalue weighted by Crippen LogP contribution is 2.42. The number of benzene rings is 1. The van der Waals surface area contributed by atoms with E-state index in [1.54, 1.807) is 0 Å². The average Bonchev–Trinajstić information content (AvgIpc) is 2.92. The van der Waals surface area contributed by atoms with Crippen molar-refractivity contribution in [3.63, 3.8) is 0 Å². The zero-order valence-electron chi connectivity index (χ0n) is 17.9. The summed E-state index contributed by atoms with van der Waals surface area (Å²) in [7, 11) is 4.06. The summed E-state index contributed by atoms with van der Waals surface area (Å²) in [5.41, 5.74) is 7.14. The summed E-state index contributed by atoms with van der Waals surface area (Å²) in [6.45, 7) is 7.07. The molecule has 2 N–H and O–H groups in total. The van der Waals surface area contributed by atoms with Crippen molar-refractivity contribution in [1.82, 2.24) is 14.9 Å². The van der Waals surface area contributed by atoms with Crippen LogP contribution >= 0.6 is 0 Å². The van der Waals surface area contributed by atoms with Crippen LogP contribution in [0.4, 0.5) is 17.5 Å². The summed E-state index contributed by atoms with van der Waals surface area (Å²) in [5.74, 6) is 2.51. The maximum Gasteiger partial charge on any atom is 0.229 e. The lowest BCUT2D eigenvalue weighted by molar-refractivity contribution is 0.287. The van der Waals surface area contributed by atoms with Crippen molar-refractivity contribution < 1.29 is 4.74 Å². The number of aryl methyl sites for hydroxylation is 2. The monoisotopic (exact) mass is 393 g/mol. The van der Waals surface area contributed by atoms with Gasteiger partial charge in [-0.1, -0.05) is 6.08 Å². The van der Waals surface area contributed by atoms with Gasteiger partial charge in [0.25, 0.3) is 0 Å². The first-order valence-corrected chi connectivity index (χ1v) is 10.5. The van der Waals surface area contributed by atoms with Crippen LogP contribution in [0, 0.1) is 13.8 Å². The summed E-state index contributed by atoms with van der Waals surface area (Å²) in [5, 5.41) is 6.59. The molecular formula is C23H31N5O. The van der Waals surface area contributed by atoms with Gasteiger partial charge in [-0.3, -0.25) is 0 Å². The minimum absolute atomic E-state index is 0.620. The van der Waals surface area contributed by atoms with E-state index in [4.69, 9.17) is 4.74 Å². The molecule has 1 aromatic heterocycles. The zero-order valence-corrected chi connectivity index (χ0v) is 17.9. The Kier molecular flexibility index (Phi) is 5.72. The third kappa shape index (κ3) is 4.22. The van der Waals surface area contributed by atoms with Crippen molar-refractivity contribution in [3.05, 3.63) is 40.6 Å². The number of hydrogen-bond acceptors (Lipinski definition) is 6. The number of hydrogen-bond donors (Lipinski definition) is 2. The summed E-state index contributed by atoms with van der Waals surface area (Å²) in [6, 6.07) is 4.17. The van der Waals surface area contributed by atoms with Gasteiger partial charge in [0, 0.05) is 36.6 Å². The fourth-order valence-electron chi connectivity index (χ4n) is 4.22. The molecule has 0 saturated heterocycles. The van der Waals surface area contributed by atoms with Crippen LogP contribution in [0.2, 0.25) is 0 Å². The molecule has 0 bridgehead atoms. The average molecular weight is 394 g/mol. The molecule has 2 aromatic rings. The second-order valence-corrected chi connectivity index (χ2v) is 8.05. The van der Waals surface area contributed by atoms with Gasteiger partial charge >= 0.3 is 0 Å². The summed E-state index contributed by atoms with van der Waals surface area (Å²) >= 11 is 0. The van der Waals surface area contributed by atoms with Crippen LogP contribution < -0.4 is 15.4 Å². The second kappa shape index (κ2) is 8.41. The van der Waals surface area contributed by atoms with Crippen LogP contribution in [-0.2, 0) is 6.42 Å². The maximum absolute atomic E-state index is 6.19. The van der Waals surface area contributed by atoms with Crippen molar-refractivity contribution in [2.24, 2.45) is 0 Å². The molecule has 0 saturated carbocycles. The van der Waals surface area contributed by atoms with E-state index in [1.807, 2.05) is 20.0 Å². The molecule has 0 spiro atoms. The van der Waals surface area contributed by atoms with Crippen LogP contribution in [-0.4, -0.2) is 48.7 Å². The Balaban J connectivity index is 1.78. The van der Waals surface area contributed by atoms with Crippen molar-refractivity contribution in [3.8, 4) is 5.75 Å².